The van der Waals surface area contributed by atoms with Gasteiger partial charge in [0.15, 0.2) is 0 Å². The summed E-state index contributed by atoms with van der Waals surface area (Å²) in [5, 5.41) is 0. The van der Waals surface area contributed by atoms with Gasteiger partial charge in [-0.3, -0.25) is 0 Å². The average Bonchev–Trinajstić information content (AvgIpc) is 2.30. The summed E-state index contributed by atoms with van der Waals surface area (Å²) >= 11 is 2.02. The highest BCUT2D eigenvalue weighted by molar-refractivity contribution is 7.99. The van der Waals surface area contributed by atoms with E-state index in [1.54, 1.807) is 0 Å². The third kappa shape index (κ3) is 2.50. The largest absolute Gasteiger partial charge is 0.352 e. The summed E-state index contributed by atoms with van der Waals surface area (Å²) in [5.41, 5.74) is 7.06. The molecule has 2 heterocycles. The van der Waals surface area contributed by atoms with Gasteiger partial charge < -0.3 is 10.6 Å². The van der Waals surface area contributed by atoms with E-state index in [0.29, 0.717) is 6.04 Å². The highest BCUT2D eigenvalue weighted by Crippen LogP contribution is 2.23. The lowest BCUT2D eigenvalue weighted by atomic mass is 10.1. The van der Waals surface area contributed by atoms with Crippen LogP contribution in [0.3, 0.4) is 0 Å². The van der Waals surface area contributed by atoms with Gasteiger partial charge in [-0.1, -0.05) is 0 Å². The fraction of sp³-hybridized carbons (Fsp3) is 0.583. The molecule has 2 rings (SSSR count). The SMILES string of the molecule is CC(N)c1ccnc(N2CCSCC2C)c1. The molecule has 0 amide bonds. The van der Waals surface area contributed by atoms with Crippen molar-refractivity contribution in [3.05, 3.63) is 23.9 Å². The van der Waals surface area contributed by atoms with E-state index >= 15 is 0 Å². The molecule has 2 unspecified atom stereocenters. The van der Waals surface area contributed by atoms with Gasteiger partial charge in [-0.2, -0.15) is 11.8 Å². The molecule has 1 fully saturated rings. The second-order valence-electron chi connectivity index (χ2n) is 4.35. The third-order valence-electron chi connectivity index (χ3n) is 2.96. The molecule has 1 aromatic rings. The molecule has 88 valence electrons. The van der Waals surface area contributed by atoms with Gasteiger partial charge in [-0.25, -0.2) is 4.98 Å². The summed E-state index contributed by atoms with van der Waals surface area (Å²) < 4.78 is 0. The summed E-state index contributed by atoms with van der Waals surface area (Å²) in [7, 11) is 0. The first-order valence-electron chi connectivity index (χ1n) is 5.74. The maximum Gasteiger partial charge on any atom is 0.129 e. The molecule has 3 nitrogen and oxygen atoms in total. The maximum absolute atomic E-state index is 5.90. The zero-order valence-electron chi connectivity index (χ0n) is 9.89. The molecule has 2 atom stereocenters. The van der Waals surface area contributed by atoms with Gasteiger partial charge >= 0.3 is 0 Å². The second kappa shape index (κ2) is 5.06. The van der Waals surface area contributed by atoms with Crippen molar-refractivity contribution in [2.75, 3.05) is 23.0 Å². The second-order valence-corrected chi connectivity index (χ2v) is 5.50. The van der Waals surface area contributed by atoms with Crippen LogP contribution in [0.4, 0.5) is 5.82 Å². The number of anilines is 1. The molecule has 1 saturated heterocycles. The van der Waals surface area contributed by atoms with Crippen LogP contribution in [0, 0.1) is 0 Å². The normalized spacial score (nSPS) is 23.2. The topological polar surface area (TPSA) is 42.1 Å². The van der Waals surface area contributed by atoms with Crippen LogP contribution in [-0.4, -0.2) is 29.1 Å². The van der Waals surface area contributed by atoms with Gasteiger partial charge in [0, 0.05) is 36.3 Å². The standard InChI is InChI=1S/C12H19N3S/c1-9-8-16-6-5-15(9)12-7-11(10(2)13)3-4-14-12/h3-4,7,9-10H,5-6,8,13H2,1-2H3. The Hall–Kier alpha value is -0.740. The van der Waals surface area contributed by atoms with Gasteiger partial charge in [0.1, 0.15) is 5.82 Å². The molecule has 1 aliphatic heterocycles. The molecule has 1 aliphatic rings. The van der Waals surface area contributed by atoms with Crippen molar-refractivity contribution in [2.45, 2.75) is 25.9 Å². The fourth-order valence-corrected chi connectivity index (χ4v) is 2.96. The van der Waals surface area contributed by atoms with E-state index in [9.17, 15) is 0 Å². The van der Waals surface area contributed by atoms with E-state index in [1.165, 1.54) is 11.5 Å². The van der Waals surface area contributed by atoms with Crippen LogP contribution in [-0.2, 0) is 0 Å². The predicted molar refractivity (Wildman–Crippen MR) is 71.0 cm³/mol. The van der Waals surface area contributed by atoms with Gasteiger partial charge in [0.25, 0.3) is 0 Å². The summed E-state index contributed by atoms with van der Waals surface area (Å²) in [6, 6.07) is 4.76. The molecular formula is C12H19N3S. The monoisotopic (exact) mass is 237 g/mol. The summed E-state index contributed by atoms with van der Waals surface area (Å²) in [6.07, 6.45) is 1.86. The number of pyridine rings is 1. The van der Waals surface area contributed by atoms with E-state index in [-0.39, 0.29) is 6.04 Å². The Kier molecular flexibility index (Phi) is 3.71. The van der Waals surface area contributed by atoms with Crippen LogP contribution < -0.4 is 10.6 Å². The number of nitrogens with two attached hydrogens (primary N) is 1. The van der Waals surface area contributed by atoms with Gasteiger partial charge in [0.2, 0.25) is 0 Å². The summed E-state index contributed by atoms with van der Waals surface area (Å²) in [4.78, 5) is 6.83. The molecule has 0 bridgehead atoms. The molecule has 0 spiro atoms. The number of hydrogen-bond donors (Lipinski definition) is 1. The Morgan fingerprint density at radius 3 is 3.12 bits per heavy atom. The zero-order chi connectivity index (χ0) is 11.5. The lowest BCUT2D eigenvalue weighted by Crippen LogP contribution is -2.40. The van der Waals surface area contributed by atoms with E-state index < -0.39 is 0 Å². The fourth-order valence-electron chi connectivity index (χ4n) is 1.94. The van der Waals surface area contributed by atoms with Crippen molar-refractivity contribution in [2.24, 2.45) is 5.73 Å². The summed E-state index contributed by atoms with van der Waals surface area (Å²) in [6.45, 7) is 5.35. The maximum atomic E-state index is 5.90. The number of nitrogens with zero attached hydrogens (tertiary/aromatic N) is 2. The van der Waals surface area contributed by atoms with E-state index in [0.717, 1.165) is 17.9 Å². The first-order chi connectivity index (χ1) is 7.68. The Labute approximate surface area is 101 Å². The minimum Gasteiger partial charge on any atom is -0.352 e. The Bertz CT molecular complexity index is 354. The minimum atomic E-state index is 0.0798. The van der Waals surface area contributed by atoms with E-state index in [1.807, 2.05) is 30.9 Å². The zero-order valence-corrected chi connectivity index (χ0v) is 10.7. The smallest absolute Gasteiger partial charge is 0.129 e. The predicted octanol–water partition coefficient (Wildman–Crippen LogP) is 2.04. The highest BCUT2D eigenvalue weighted by Gasteiger charge is 2.20. The Morgan fingerprint density at radius 2 is 2.44 bits per heavy atom. The lowest BCUT2D eigenvalue weighted by Gasteiger charge is -2.34. The van der Waals surface area contributed by atoms with Crippen molar-refractivity contribution in [3.63, 3.8) is 0 Å². The highest BCUT2D eigenvalue weighted by atomic mass is 32.2. The van der Waals surface area contributed by atoms with Crippen LogP contribution in [0.1, 0.15) is 25.5 Å². The van der Waals surface area contributed by atoms with Crippen molar-refractivity contribution < 1.29 is 0 Å². The number of hydrogen-bond acceptors (Lipinski definition) is 4. The van der Waals surface area contributed by atoms with Crippen LogP contribution >= 0.6 is 11.8 Å². The lowest BCUT2D eigenvalue weighted by molar-refractivity contribution is 0.687. The Morgan fingerprint density at radius 1 is 1.62 bits per heavy atom. The van der Waals surface area contributed by atoms with Gasteiger partial charge in [-0.15, -0.1) is 0 Å². The number of rotatable bonds is 2. The molecule has 2 N–H and O–H groups in total. The van der Waals surface area contributed by atoms with E-state index in [2.05, 4.69) is 22.9 Å². The van der Waals surface area contributed by atoms with Crippen molar-refractivity contribution in [3.8, 4) is 0 Å². The average molecular weight is 237 g/mol. The molecule has 0 aromatic carbocycles. The van der Waals surface area contributed by atoms with Crippen LogP contribution in [0.2, 0.25) is 0 Å². The number of aromatic nitrogens is 1. The molecule has 0 radical (unpaired) electrons. The molecule has 4 heteroatoms. The number of thioether (sulfide) groups is 1. The first-order valence-corrected chi connectivity index (χ1v) is 6.90. The minimum absolute atomic E-state index is 0.0798. The molecule has 0 aliphatic carbocycles. The molecule has 16 heavy (non-hydrogen) atoms. The Balaban J connectivity index is 2.21. The van der Waals surface area contributed by atoms with Crippen molar-refractivity contribution in [1.82, 2.24) is 4.98 Å². The van der Waals surface area contributed by atoms with Crippen molar-refractivity contribution >= 4 is 17.6 Å². The summed E-state index contributed by atoms with van der Waals surface area (Å²) in [5.74, 6) is 3.45. The van der Waals surface area contributed by atoms with Gasteiger partial charge in [-0.05, 0) is 31.5 Å². The molecular weight excluding hydrogens is 218 g/mol. The van der Waals surface area contributed by atoms with Crippen molar-refractivity contribution in [1.29, 1.82) is 0 Å². The quantitative estimate of drug-likeness (QED) is 0.855. The van der Waals surface area contributed by atoms with E-state index in [4.69, 9.17) is 5.73 Å². The third-order valence-corrected chi connectivity index (χ3v) is 4.15. The van der Waals surface area contributed by atoms with Crippen LogP contribution in [0.15, 0.2) is 18.3 Å². The van der Waals surface area contributed by atoms with Crippen LogP contribution in [0.25, 0.3) is 0 Å². The molecule has 0 saturated carbocycles. The molecule has 1 aromatic heterocycles. The first kappa shape index (κ1) is 11.7. The van der Waals surface area contributed by atoms with Crippen LogP contribution in [0.5, 0.6) is 0 Å². The van der Waals surface area contributed by atoms with Gasteiger partial charge in [0.05, 0.1) is 0 Å².